The monoisotopic (exact) mass is 177 g/mol. The molecule has 0 saturated carbocycles. The minimum absolute atomic E-state index is 0.410. The minimum atomic E-state index is -0.922. The first-order valence-corrected chi connectivity index (χ1v) is 2.88. The Kier molecular flexibility index (Phi) is 3.47. The Morgan fingerprint density at radius 3 is 2.36 bits per heavy atom. The lowest BCUT2D eigenvalue weighted by atomic mass is 10.4. The molecule has 0 aromatic heterocycles. The number of nitrogens with zero attached hydrogens (tertiary/aromatic N) is 1. The largest absolute Gasteiger partial charge is 0.263 e. The van der Waals surface area contributed by atoms with Crippen molar-refractivity contribution in [3.8, 4) is 0 Å². The maximum absolute atomic E-state index is 12.1. The first-order valence-electron chi connectivity index (χ1n) is 2.50. The van der Waals surface area contributed by atoms with Gasteiger partial charge in [0.25, 0.3) is 5.70 Å². The molecule has 60 valence electrons. The van der Waals surface area contributed by atoms with Gasteiger partial charge in [0.05, 0.1) is 9.96 Å². The van der Waals surface area contributed by atoms with Crippen LogP contribution in [-0.4, -0.2) is 4.92 Å². The summed E-state index contributed by atoms with van der Waals surface area (Å²) < 4.78 is 12.1. The van der Waals surface area contributed by atoms with Crippen LogP contribution in [0.3, 0.4) is 0 Å². The third-order valence-electron chi connectivity index (χ3n) is 0.787. The highest BCUT2D eigenvalue weighted by Crippen LogP contribution is 2.15. The average Bonchev–Trinajstić information content (AvgIpc) is 1.87. The van der Waals surface area contributed by atoms with Crippen molar-refractivity contribution in [1.29, 1.82) is 0 Å². The molecule has 0 unspecified atom stereocenters. The van der Waals surface area contributed by atoms with Crippen LogP contribution in [0.2, 0.25) is 0 Å². The molecular formula is C6H5ClFNO2. The third-order valence-corrected chi connectivity index (χ3v) is 1.10. The second kappa shape index (κ2) is 3.88. The van der Waals surface area contributed by atoms with Crippen LogP contribution in [0.15, 0.2) is 35.8 Å². The van der Waals surface area contributed by atoms with E-state index in [-0.39, 0.29) is 0 Å². The summed E-state index contributed by atoms with van der Waals surface area (Å²) >= 11 is 5.18. The van der Waals surface area contributed by atoms with E-state index in [2.05, 4.69) is 13.2 Å². The molecule has 0 aromatic rings. The van der Waals surface area contributed by atoms with Gasteiger partial charge in [-0.25, -0.2) is 4.39 Å². The van der Waals surface area contributed by atoms with Gasteiger partial charge in [-0.15, -0.1) is 0 Å². The molecule has 0 aliphatic carbocycles. The zero-order valence-corrected chi connectivity index (χ0v) is 6.27. The van der Waals surface area contributed by atoms with Gasteiger partial charge < -0.3 is 0 Å². The van der Waals surface area contributed by atoms with Crippen molar-refractivity contribution in [3.63, 3.8) is 0 Å². The fourth-order valence-electron chi connectivity index (χ4n) is 0.277. The van der Waals surface area contributed by atoms with Crippen LogP contribution in [0.25, 0.3) is 0 Å². The molecule has 0 bridgehead atoms. The number of hydrogen-bond donors (Lipinski definition) is 0. The molecule has 0 rings (SSSR count). The Morgan fingerprint density at radius 2 is 2.09 bits per heavy atom. The molecule has 0 saturated heterocycles. The SMILES string of the molecule is C=C(F)/C(Cl)=C\C(=C)[N+](=O)[O-]. The standard InChI is InChI=1S/C6H5ClFNO2/c1-4(9(10)11)3-6(7)5(2)8/h3H,1-2H2/b6-3+. The van der Waals surface area contributed by atoms with Crippen LogP contribution >= 0.6 is 11.6 Å². The number of nitro groups is 1. The van der Waals surface area contributed by atoms with Gasteiger partial charge >= 0.3 is 0 Å². The van der Waals surface area contributed by atoms with E-state index in [4.69, 9.17) is 11.6 Å². The van der Waals surface area contributed by atoms with E-state index in [1.807, 2.05) is 0 Å². The topological polar surface area (TPSA) is 43.1 Å². The molecule has 0 radical (unpaired) electrons. The second-order valence-corrected chi connectivity index (χ2v) is 2.05. The van der Waals surface area contributed by atoms with Crippen LogP contribution in [0, 0.1) is 10.1 Å². The molecule has 5 heteroatoms. The molecule has 0 fully saturated rings. The summed E-state index contributed by atoms with van der Waals surface area (Å²) in [6, 6.07) is 0. The molecule has 0 aliphatic heterocycles. The number of allylic oxidation sites excluding steroid dienone is 3. The Labute approximate surface area is 67.6 Å². The number of rotatable bonds is 3. The van der Waals surface area contributed by atoms with Crippen molar-refractivity contribution >= 4 is 11.6 Å². The summed E-state index contributed by atoms with van der Waals surface area (Å²) in [7, 11) is 0. The summed E-state index contributed by atoms with van der Waals surface area (Å²) in [5.74, 6) is -0.922. The first kappa shape index (κ1) is 9.84. The molecule has 0 amide bonds. The highest BCUT2D eigenvalue weighted by molar-refractivity contribution is 6.31. The van der Waals surface area contributed by atoms with E-state index >= 15 is 0 Å². The van der Waals surface area contributed by atoms with Gasteiger partial charge in [0.2, 0.25) is 0 Å². The lowest BCUT2D eigenvalue weighted by Crippen LogP contribution is -1.93. The minimum Gasteiger partial charge on any atom is -0.258 e. The van der Waals surface area contributed by atoms with Crippen molar-refractivity contribution in [2.24, 2.45) is 0 Å². The van der Waals surface area contributed by atoms with Crippen molar-refractivity contribution in [2.45, 2.75) is 0 Å². The van der Waals surface area contributed by atoms with Crippen LogP contribution in [-0.2, 0) is 0 Å². The zero-order valence-electron chi connectivity index (χ0n) is 5.51. The summed E-state index contributed by atoms with van der Waals surface area (Å²) in [5, 5.41) is 9.50. The molecule has 0 atom stereocenters. The van der Waals surface area contributed by atoms with Gasteiger partial charge in [0.15, 0.2) is 0 Å². The molecule has 0 aliphatic rings. The van der Waals surface area contributed by atoms with E-state index in [1.54, 1.807) is 0 Å². The lowest BCUT2D eigenvalue weighted by molar-refractivity contribution is -0.418. The van der Waals surface area contributed by atoms with Crippen molar-refractivity contribution in [1.82, 2.24) is 0 Å². The highest BCUT2D eigenvalue weighted by atomic mass is 35.5. The van der Waals surface area contributed by atoms with Gasteiger partial charge in [-0.1, -0.05) is 18.2 Å². The van der Waals surface area contributed by atoms with E-state index < -0.39 is 21.5 Å². The van der Waals surface area contributed by atoms with Gasteiger partial charge in [-0.05, 0) is 6.58 Å². The predicted octanol–water partition coefficient (Wildman–Crippen LogP) is 2.38. The van der Waals surface area contributed by atoms with E-state index in [0.29, 0.717) is 0 Å². The van der Waals surface area contributed by atoms with E-state index in [1.165, 1.54) is 0 Å². The van der Waals surface area contributed by atoms with Gasteiger partial charge in [-0.3, -0.25) is 10.1 Å². The quantitative estimate of drug-likeness (QED) is 0.377. The van der Waals surface area contributed by atoms with E-state index in [9.17, 15) is 14.5 Å². The molecular weight excluding hydrogens is 173 g/mol. The zero-order chi connectivity index (χ0) is 9.02. The van der Waals surface area contributed by atoms with Crippen LogP contribution < -0.4 is 0 Å². The van der Waals surface area contributed by atoms with Crippen molar-refractivity contribution < 1.29 is 9.31 Å². The molecule has 0 N–H and O–H groups in total. The summed E-state index contributed by atoms with van der Waals surface area (Å²) in [4.78, 5) is 9.14. The van der Waals surface area contributed by atoms with Crippen LogP contribution in [0.1, 0.15) is 0 Å². The smallest absolute Gasteiger partial charge is 0.258 e. The predicted molar refractivity (Wildman–Crippen MR) is 40.3 cm³/mol. The number of halogens is 2. The number of hydrogen-bond acceptors (Lipinski definition) is 2. The lowest BCUT2D eigenvalue weighted by Gasteiger charge is -1.90. The van der Waals surface area contributed by atoms with Crippen LogP contribution in [0.5, 0.6) is 0 Å². The Bertz CT molecular complexity index is 247. The van der Waals surface area contributed by atoms with Gasteiger partial charge in [0, 0.05) is 6.08 Å². The molecule has 11 heavy (non-hydrogen) atoms. The van der Waals surface area contributed by atoms with Gasteiger partial charge in [-0.2, -0.15) is 0 Å². The maximum atomic E-state index is 12.1. The fourth-order valence-corrected chi connectivity index (χ4v) is 0.403. The Hall–Kier alpha value is -1.16. The Balaban J connectivity index is 4.44. The highest BCUT2D eigenvalue weighted by Gasteiger charge is 2.05. The van der Waals surface area contributed by atoms with Gasteiger partial charge in [0.1, 0.15) is 5.83 Å². The third kappa shape index (κ3) is 3.52. The van der Waals surface area contributed by atoms with Crippen LogP contribution in [0.4, 0.5) is 4.39 Å². The fraction of sp³-hybridized carbons (Fsp3) is 0. The van der Waals surface area contributed by atoms with E-state index in [0.717, 1.165) is 6.08 Å². The molecule has 0 aromatic carbocycles. The normalized spacial score (nSPS) is 10.9. The molecule has 0 spiro atoms. The van der Waals surface area contributed by atoms with Crippen molar-refractivity contribution in [3.05, 3.63) is 45.9 Å². The first-order chi connectivity index (χ1) is 4.95. The average molecular weight is 178 g/mol. The summed E-state index contributed by atoms with van der Waals surface area (Å²) in [6.07, 6.45) is 0.796. The van der Waals surface area contributed by atoms with Crippen molar-refractivity contribution in [2.75, 3.05) is 0 Å². The molecule has 3 nitrogen and oxygen atoms in total. The summed E-state index contributed by atoms with van der Waals surface area (Å²) in [5.41, 5.74) is -0.478. The molecule has 0 heterocycles. The Morgan fingerprint density at radius 1 is 1.64 bits per heavy atom. The maximum Gasteiger partial charge on any atom is 0.263 e. The summed E-state index contributed by atoms with van der Waals surface area (Å²) in [6.45, 7) is 5.85. The second-order valence-electron chi connectivity index (χ2n) is 1.65.